The van der Waals surface area contributed by atoms with Crippen molar-refractivity contribution in [2.45, 2.75) is 11.4 Å². The fourth-order valence-corrected chi connectivity index (χ4v) is 4.88. The van der Waals surface area contributed by atoms with Gasteiger partial charge < -0.3 is 4.90 Å². The van der Waals surface area contributed by atoms with E-state index in [4.69, 9.17) is 11.6 Å². The number of amides is 1. The summed E-state index contributed by atoms with van der Waals surface area (Å²) >= 11 is 5.70. The molecule has 1 amide bonds. The van der Waals surface area contributed by atoms with Crippen LogP contribution in [0.2, 0.25) is 5.02 Å². The molecule has 168 valence electrons. The predicted molar refractivity (Wildman–Crippen MR) is 109 cm³/mol. The van der Waals surface area contributed by atoms with Crippen molar-refractivity contribution in [3.8, 4) is 11.6 Å². The molecule has 0 saturated carbocycles. The molecule has 14 heteroatoms. The molecular formula is C18H16ClFN6O5S. The van der Waals surface area contributed by atoms with Gasteiger partial charge in [-0.1, -0.05) is 16.8 Å². The summed E-state index contributed by atoms with van der Waals surface area (Å²) in [4.78, 5) is 34.0. The minimum Gasteiger partial charge on any atom is -0.338 e. The summed E-state index contributed by atoms with van der Waals surface area (Å²) in [6, 6.07) is 4.76. The van der Waals surface area contributed by atoms with Crippen LogP contribution in [0, 0.1) is 5.82 Å². The largest absolute Gasteiger partial charge is 0.442 e. The number of benzene rings is 1. The van der Waals surface area contributed by atoms with Gasteiger partial charge in [0.15, 0.2) is 5.82 Å². The van der Waals surface area contributed by atoms with Crippen molar-refractivity contribution in [3.63, 3.8) is 0 Å². The third-order valence-corrected chi connectivity index (χ3v) is 7.05. The van der Waals surface area contributed by atoms with E-state index in [0.29, 0.717) is 0 Å². The molecule has 0 atom stereocenters. The molecule has 0 aliphatic carbocycles. The molecule has 0 bridgehead atoms. The number of sulfonamides is 1. The second-order valence-electron chi connectivity index (χ2n) is 6.79. The molecule has 1 aliphatic rings. The number of halogens is 2. The van der Waals surface area contributed by atoms with Crippen LogP contribution in [0.3, 0.4) is 0 Å². The van der Waals surface area contributed by atoms with Crippen molar-refractivity contribution in [1.82, 2.24) is 28.9 Å². The maximum Gasteiger partial charge on any atom is 0.442 e. The highest BCUT2D eigenvalue weighted by Crippen LogP contribution is 2.23. The highest BCUT2D eigenvalue weighted by molar-refractivity contribution is 7.89. The molecule has 4 rings (SSSR count). The molecule has 0 N–H and O–H groups in total. The monoisotopic (exact) mass is 482 g/mol. The first-order chi connectivity index (χ1) is 15.3. The average molecular weight is 483 g/mol. The maximum absolute atomic E-state index is 13.4. The summed E-state index contributed by atoms with van der Waals surface area (Å²) in [6.45, 7) is -0.114. The Morgan fingerprint density at radius 3 is 2.50 bits per heavy atom. The lowest BCUT2D eigenvalue weighted by molar-refractivity contribution is -0.133. The Morgan fingerprint density at radius 2 is 1.84 bits per heavy atom. The molecule has 1 fully saturated rings. The van der Waals surface area contributed by atoms with Crippen LogP contribution in [0.1, 0.15) is 0 Å². The Labute approximate surface area is 186 Å². The van der Waals surface area contributed by atoms with E-state index >= 15 is 0 Å². The average Bonchev–Trinajstić information content (AvgIpc) is 3.16. The van der Waals surface area contributed by atoms with Crippen LogP contribution in [0.15, 0.2) is 50.9 Å². The number of hydrogen-bond donors (Lipinski definition) is 0. The fourth-order valence-electron chi connectivity index (χ4n) is 3.18. The van der Waals surface area contributed by atoms with Crippen LogP contribution in [-0.4, -0.2) is 69.4 Å². The zero-order chi connectivity index (χ0) is 22.9. The Kier molecular flexibility index (Phi) is 6.04. The normalized spacial score (nSPS) is 15.1. The molecule has 0 radical (unpaired) electrons. The van der Waals surface area contributed by atoms with Crippen LogP contribution in [-0.2, 0) is 21.4 Å². The number of piperazine rings is 1. The Hall–Kier alpha value is -3.16. The molecule has 3 aromatic rings. The summed E-state index contributed by atoms with van der Waals surface area (Å²) in [5, 5.41) is 3.34. The van der Waals surface area contributed by atoms with Crippen molar-refractivity contribution >= 4 is 27.5 Å². The maximum atomic E-state index is 13.4. The van der Waals surface area contributed by atoms with Gasteiger partial charge >= 0.3 is 5.76 Å². The Morgan fingerprint density at radius 1 is 1.16 bits per heavy atom. The van der Waals surface area contributed by atoms with E-state index in [1.54, 1.807) is 6.07 Å². The van der Waals surface area contributed by atoms with Crippen molar-refractivity contribution in [3.05, 3.63) is 58.0 Å². The predicted octanol–water partition coefficient (Wildman–Crippen LogP) is 0.619. The van der Waals surface area contributed by atoms with Crippen LogP contribution < -0.4 is 5.76 Å². The lowest BCUT2D eigenvalue weighted by atomic mass is 10.3. The van der Waals surface area contributed by atoms with Crippen LogP contribution in [0.5, 0.6) is 0 Å². The summed E-state index contributed by atoms with van der Waals surface area (Å²) in [7, 11) is -3.90. The molecule has 0 unspecified atom stereocenters. The Balaban J connectivity index is 1.44. The molecule has 1 saturated heterocycles. The van der Waals surface area contributed by atoms with Crippen molar-refractivity contribution in [2.75, 3.05) is 26.2 Å². The van der Waals surface area contributed by atoms with E-state index in [2.05, 4.69) is 19.6 Å². The number of rotatable bonds is 5. The Bertz CT molecular complexity index is 1300. The van der Waals surface area contributed by atoms with Gasteiger partial charge in [0, 0.05) is 38.6 Å². The summed E-state index contributed by atoms with van der Waals surface area (Å²) in [5.74, 6) is -1.84. The van der Waals surface area contributed by atoms with Gasteiger partial charge in [-0.2, -0.15) is 4.31 Å². The van der Waals surface area contributed by atoms with Crippen molar-refractivity contribution in [2.24, 2.45) is 0 Å². The zero-order valence-corrected chi connectivity index (χ0v) is 18.0. The lowest BCUT2D eigenvalue weighted by Gasteiger charge is -2.34. The number of aromatic nitrogens is 4. The van der Waals surface area contributed by atoms with Gasteiger partial charge in [-0.05, 0) is 24.3 Å². The first-order valence-electron chi connectivity index (χ1n) is 9.34. The number of carbonyl (C=O) groups is 1. The van der Waals surface area contributed by atoms with E-state index < -0.39 is 27.5 Å². The van der Waals surface area contributed by atoms with Gasteiger partial charge in [-0.25, -0.2) is 32.1 Å². The minimum atomic E-state index is -3.90. The standard InChI is InChI=1S/C18H16ClFN6O5S/c19-13-10-12(2-3-14(13)20)32(29,30)25-8-6-24(7-9-25)15(27)11-26-17(23-31-18(26)28)16-21-4-1-5-22-16/h1-5,10H,6-9,11H2. The van der Waals surface area contributed by atoms with Gasteiger partial charge in [0.25, 0.3) is 0 Å². The number of nitrogens with zero attached hydrogens (tertiary/aromatic N) is 6. The zero-order valence-electron chi connectivity index (χ0n) is 16.4. The van der Waals surface area contributed by atoms with E-state index in [1.807, 2.05) is 0 Å². The molecule has 2 aromatic heterocycles. The van der Waals surface area contributed by atoms with Crippen molar-refractivity contribution < 1.29 is 22.1 Å². The highest BCUT2D eigenvalue weighted by atomic mass is 35.5. The molecule has 3 heterocycles. The summed E-state index contributed by atoms with van der Waals surface area (Å²) in [6.07, 6.45) is 2.92. The van der Waals surface area contributed by atoms with E-state index in [0.717, 1.165) is 22.8 Å². The van der Waals surface area contributed by atoms with Gasteiger partial charge in [-0.15, -0.1) is 0 Å². The quantitative estimate of drug-likeness (QED) is 0.517. The van der Waals surface area contributed by atoms with E-state index in [-0.39, 0.29) is 54.3 Å². The second-order valence-corrected chi connectivity index (χ2v) is 9.14. The lowest BCUT2D eigenvalue weighted by Crippen LogP contribution is -2.51. The van der Waals surface area contributed by atoms with Gasteiger partial charge in [0.05, 0.1) is 9.92 Å². The molecule has 11 nitrogen and oxygen atoms in total. The third kappa shape index (κ3) is 4.26. The van der Waals surface area contributed by atoms with Gasteiger partial charge in [0.2, 0.25) is 21.8 Å². The molecular weight excluding hydrogens is 467 g/mol. The fraction of sp³-hybridized carbons (Fsp3) is 0.278. The third-order valence-electron chi connectivity index (χ3n) is 4.87. The first kappa shape index (κ1) is 22.0. The SMILES string of the molecule is O=C(Cn1c(-c2ncccn2)noc1=O)N1CCN(S(=O)(=O)c2ccc(F)c(Cl)c2)CC1. The van der Waals surface area contributed by atoms with E-state index in [9.17, 15) is 22.4 Å². The smallest absolute Gasteiger partial charge is 0.338 e. The second kappa shape index (κ2) is 8.76. The topological polar surface area (TPSA) is 131 Å². The van der Waals surface area contributed by atoms with Crippen LogP contribution in [0.25, 0.3) is 11.6 Å². The molecule has 1 aliphatic heterocycles. The molecule has 0 spiro atoms. The van der Waals surface area contributed by atoms with Crippen molar-refractivity contribution in [1.29, 1.82) is 0 Å². The van der Waals surface area contributed by atoms with Gasteiger partial charge in [-0.3, -0.25) is 9.32 Å². The van der Waals surface area contributed by atoms with Gasteiger partial charge in [0.1, 0.15) is 12.4 Å². The minimum absolute atomic E-state index is 0.0124. The summed E-state index contributed by atoms with van der Waals surface area (Å²) in [5.41, 5.74) is 0. The van der Waals surface area contributed by atoms with Crippen LogP contribution >= 0.6 is 11.6 Å². The number of carbonyl (C=O) groups excluding carboxylic acids is 1. The van der Waals surface area contributed by atoms with E-state index in [1.165, 1.54) is 21.6 Å². The number of hydrogen-bond acceptors (Lipinski definition) is 8. The summed E-state index contributed by atoms with van der Waals surface area (Å²) < 4.78 is 45.8. The highest BCUT2D eigenvalue weighted by Gasteiger charge is 2.31. The first-order valence-corrected chi connectivity index (χ1v) is 11.2. The molecule has 1 aromatic carbocycles. The molecule has 32 heavy (non-hydrogen) atoms. The van der Waals surface area contributed by atoms with Crippen LogP contribution in [0.4, 0.5) is 4.39 Å².